The molecule has 0 aliphatic carbocycles. The molecule has 0 fully saturated rings. The van der Waals surface area contributed by atoms with Crippen molar-refractivity contribution in [3.05, 3.63) is 28.3 Å². The summed E-state index contributed by atoms with van der Waals surface area (Å²) in [6, 6.07) is 2.23. The fourth-order valence-electron chi connectivity index (χ4n) is 2.51. The van der Waals surface area contributed by atoms with Gasteiger partial charge in [-0.25, -0.2) is 0 Å². The number of hydrogen-bond donors (Lipinski definition) is 1. The first kappa shape index (κ1) is 15.5. The van der Waals surface area contributed by atoms with E-state index in [1.54, 1.807) is 0 Å². The molecule has 1 aromatic carbocycles. The van der Waals surface area contributed by atoms with Gasteiger partial charge in [-0.15, -0.1) is 0 Å². The Labute approximate surface area is 116 Å². The van der Waals surface area contributed by atoms with Crippen LogP contribution in [0.1, 0.15) is 41.5 Å². The SMILES string of the molecule is Cc1cc(C)c(C)c(N(C)CCCCC(=O)O)c1C. The highest BCUT2D eigenvalue weighted by atomic mass is 16.4. The number of benzene rings is 1. The van der Waals surface area contributed by atoms with Crippen LogP contribution in [0.3, 0.4) is 0 Å². The van der Waals surface area contributed by atoms with Crippen LogP contribution < -0.4 is 4.90 Å². The Morgan fingerprint density at radius 2 is 1.63 bits per heavy atom. The van der Waals surface area contributed by atoms with Gasteiger partial charge in [0, 0.05) is 25.7 Å². The number of carbonyl (C=O) groups is 1. The molecule has 0 amide bonds. The number of aryl methyl sites for hydroxylation is 2. The van der Waals surface area contributed by atoms with Crippen molar-refractivity contribution >= 4 is 11.7 Å². The summed E-state index contributed by atoms with van der Waals surface area (Å²) in [5, 5.41) is 8.64. The zero-order chi connectivity index (χ0) is 14.6. The average Bonchev–Trinajstić information content (AvgIpc) is 2.32. The monoisotopic (exact) mass is 263 g/mol. The molecule has 0 saturated carbocycles. The number of nitrogens with zero attached hydrogens (tertiary/aromatic N) is 1. The highest BCUT2D eigenvalue weighted by Gasteiger charge is 2.12. The van der Waals surface area contributed by atoms with Crippen LogP contribution in [0.5, 0.6) is 0 Å². The summed E-state index contributed by atoms with van der Waals surface area (Å²) in [5.74, 6) is -0.707. The predicted molar refractivity (Wildman–Crippen MR) is 80.1 cm³/mol. The predicted octanol–water partition coefficient (Wildman–Crippen LogP) is 3.61. The van der Waals surface area contributed by atoms with Crippen molar-refractivity contribution in [2.75, 3.05) is 18.5 Å². The lowest BCUT2D eigenvalue weighted by Gasteiger charge is -2.26. The van der Waals surface area contributed by atoms with Gasteiger partial charge < -0.3 is 10.0 Å². The second-order valence-corrected chi connectivity index (χ2v) is 5.38. The molecule has 0 unspecified atom stereocenters. The summed E-state index contributed by atoms with van der Waals surface area (Å²) >= 11 is 0. The van der Waals surface area contributed by atoms with Crippen molar-refractivity contribution in [1.82, 2.24) is 0 Å². The Morgan fingerprint density at radius 3 is 2.11 bits per heavy atom. The molecule has 3 nitrogen and oxygen atoms in total. The number of carboxylic acids is 1. The third kappa shape index (κ3) is 3.98. The first-order chi connectivity index (χ1) is 8.84. The number of anilines is 1. The lowest BCUT2D eigenvalue weighted by atomic mass is 9.98. The van der Waals surface area contributed by atoms with E-state index in [1.165, 1.54) is 27.9 Å². The first-order valence-electron chi connectivity index (χ1n) is 6.85. The number of aliphatic carboxylic acids is 1. The molecule has 106 valence electrons. The van der Waals surface area contributed by atoms with Gasteiger partial charge in [-0.05, 0) is 62.8 Å². The van der Waals surface area contributed by atoms with Crippen molar-refractivity contribution in [1.29, 1.82) is 0 Å². The minimum atomic E-state index is -0.707. The van der Waals surface area contributed by atoms with Crippen LogP contribution in [0.25, 0.3) is 0 Å². The zero-order valence-corrected chi connectivity index (χ0v) is 12.7. The molecule has 0 radical (unpaired) electrons. The Bertz CT molecular complexity index is 440. The number of rotatable bonds is 6. The summed E-state index contributed by atoms with van der Waals surface area (Å²) in [6.07, 6.45) is 1.91. The van der Waals surface area contributed by atoms with E-state index in [9.17, 15) is 4.79 Å². The first-order valence-corrected chi connectivity index (χ1v) is 6.85. The molecular weight excluding hydrogens is 238 g/mol. The molecule has 0 saturated heterocycles. The topological polar surface area (TPSA) is 40.5 Å². The summed E-state index contributed by atoms with van der Waals surface area (Å²) in [5.41, 5.74) is 6.58. The van der Waals surface area contributed by atoms with Gasteiger partial charge in [-0.3, -0.25) is 4.79 Å². The van der Waals surface area contributed by atoms with Gasteiger partial charge in [-0.1, -0.05) is 6.07 Å². The average molecular weight is 263 g/mol. The Morgan fingerprint density at radius 1 is 1.11 bits per heavy atom. The van der Waals surface area contributed by atoms with Gasteiger partial charge in [-0.2, -0.15) is 0 Å². The maximum absolute atomic E-state index is 10.5. The van der Waals surface area contributed by atoms with E-state index < -0.39 is 5.97 Å². The van der Waals surface area contributed by atoms with E-state index in [0.29, 0.717) is 0 Å². The molecule has 1 rings (SSSR count). The minimum Gasteiger partial charge on any atom is -0.481 e. The largest absolute Gasteiger partial charge is 0.481 e. The van der Waals surface area contributed by atoms with E-state index in [1.807, 2.05) is 0 Å². The van der Waals surface area contributed by atoms with Gasteiger partial charge >= 0.3 is 5.97 Å². The van der Waals surface area contributed by atoms with Crippen molar-refractivity contribution < 1.29 is 9.90 Å². The second kappa shape index (κ2) is 6.60. The van der Waals surface area contributed by atoms with Gasteiger partial charge in [0.1, 0.15) is 0 Å². The van der Waals surface area contributed by atoms with Crippen LogP contribution in [-0.4, -0.2) is 24.7 Å². The molecule has 0 aromatic heterocycles. The van der Waals surface area contributed by atoms with Crippen molar-refractivity contribution in [3.8, 4) is 0 Å². The van der Waals surface area contributed by atoms with Crippen molar-refractivity contribution in [2.24, 2.45) is 0 Å². The number of unbranched alkanes of at least 4 members (excludes halogenated alkanes) is 1. The maximum Gasteiger partial charge on any atom is 0.303 e. The molecule has 0 atom stereocenters. The molecule has 0 heterocycles. The van der Waals surface area contributed by atoms with E-state index in [4.69, 9.17) is 5.11 Å². The van der Waals surface area contributed by atoms with Crippen molar-refractivity contribution in [3.63, 3.8) is 0 Å². The van der Waals surface area contributed by atoms with Gasteiger partial charge in [0.15, 0.2) is 0 Å². The Hall–Kier alpha value is -1.51. The Kier molecular flexibility index (Phi) is 5.40. The lowest BCUT2D eigenvalue weighted by Crippen LogP contribution is -2.21. The van der Waals surface area contributed by atoms with Crippen LogP contribution in [-0.2, 0) is 4.79 Å². The molecule has 0 aliphatic rings. The van der Waals surface area contributed by atoms with Crippen LogP contribution in [0, 0.1) is 27.7 Å². The standard InChI is InChI=1S/C16H25NO2/c1-11-10-12(2)14(4)16(13(11)3)17(5)9-7-6-8-15(18)19/h10H,6-9H2,1-5H3,(H,18,19). The molecule has 0 bridgehead atoms. The van der Waals surface area contributed by atoms with Crippen molar-refractivity contribution in [2.45, 2.75) is 47.0 Å². The highest BCUT2D eigenvalue weighted by molar-refractivity contribution is 5.66. The van der Waals surface area contributed by atoms with E-state index in [2.05, 4.69) is 45.7 Å². The molecule has 1 N–H and O–H groups in total. The second-order valence-electron chi connectivity index (χ2n) is 5.38. The minimum absolute atomic E-state index is 0.263. The van der Waals surface area contributed by atoms with Crippen LogP contribution in [0.15, 0.2) is 6.07 Å². The van der Waals surface area contributed by atoms with Crippen LogP contribution in [0.4, 0.5) is 5.69 Å². The number of carboxylic acid groups (broad SMARTS) is 1. The third-order valence-corrected chi connectivity index (χ3v) is 3.84. The molecule has 3 heteroatoms. The van der Waals surface area contributed by atoms with Gasteiger partial charge in [0.25, 0.3) is 0 Å². The van der Waals surface area contributed by atoms with E-state index >= 15 is 0 Å². The summed E-state index contributed by atoms with van der Waals surface area (Å²) in [4.78, 5) is 12.8. The smallest absolute Gasteiger partial charge is 0.303 e. The highest BCUT2D eigenvalue weighted by Crippen LogP contribution is 2.29. The lowest BCUT2D eigenvalue weighted by molar-refractivity contribution is -0.137. The third-order valence-electron chi connectivity index (χ3n) is 3.84. The van der Waals surface area contributed by atoms with Gasteiger partial charge in [0.05, 0.1) is 0 Å². The normalized spacial score (nSPS) is 10.6. The van der Waals surface area contributed by atoms with Crippen LogP contribution >= 0.6 is 0 Å². The molecule has 0 aliphatic heterocycles. The fourth-order valence-corrected chi connectivity index (χ4v) is 2.51. The fraction of sp³-hybridized carbons (Fsp3) is 0.562. The maximum atomic E-state index is 10.5. The molecular formula is C16H25NO2. The Balaban J connectivity index is 2.76. The summed E-state index contributed by atoms with van der Waals surface area (Å²) in [6.45, 7) is 9.50. The summed E-state index contributed by atoms with van der Waals surface area (Å²) in [7, 11) is 2.09. The van der Waals surface area contributed by atoms with E-state index in [0.717, 1.165) is 19.4 Å². The zero-order valence-electron chi connectivity index (χ0n) is 12.7. The molecule has 1 aromatic rings. The number of hydrogen-bond acceptors (Lipinski definition) is 2. The molecule has 0 spiro atoms. The quantitative estimate of drug-likeness (QED) is 0.797. The molecule has 19 heavy (non-hydrogen) atoms. The summed E-state index contributed by atoms with van der Waals surface area (Å²) < 4.78 is 0. The van der Waals surface area contributed by atoms with E-state index in [-0.39, 0.29) is 6.42 Å². The van der Waals surface area contributed by atoms with Gasteiger partial charge in [0.2, 0.25) is 0 Å². The van der Waals surface area contributed by atoms with Crippen LogP contribution in [0.2, 0.25) is 0 Å².